The minimum absolute atomic E-state index is 0.0246. The molecular weight excluding hydrogens is 340 g/mol. The van der Waals surface area contributed by atoms with Crippen LogP contribution < -0.4 is 0 Å². The highest BCUT2D eigenvalue weighted by molar-refractivity contribution is 6.74. The molecule has 3 atom stereocenters. The smallest absolute Gasteiger partial charge is 0.250 e. The predicted octanol–water partition coefficient (Wildman–Crippen LogP) is 5.41. The zero-order valence-corrected chi connectivity index (χ0v) is 17.9. The monoisotopic (exact) mass is 374 g/mol. The summed E-state index contributed by atoms with van der Waals surface area (Å²) in [5, 5.41) is 11.4. The Morgan fingerprint density at radius 3 is 2.50 bits per heavy atom. The van der Waals surface area contributed by atoms with Crippen LogP contribution in [0, 0.1) is 5.92 Å². The van der Waals surface area contributed by atoms with Crippen LogP contribution in [0.5, 0.6) is 0 Å². The van der Waals surface area contributed by atoms with Crippen LogP contribution >= 0.6 is 0 Å². The number of fused-ring (bicyclic) bond motifs is 1. The molecule has 3 nitrogen and oxygen atoms in total. The van der Waals surface area contributed by atoms with Crippen molar-refractivity contribution in [3.63, 3.8) is 0 Å². The van der Waals surface area contributed by atoms with Gasteiger partial charge in [-0.2, -0.15) is 0 Å². The number of benzene rings is 1. The van der Waals surface area contributed by atoms with E-state index in [0.717, 1.165) is 31.4 Å². The Morgan fingerprint density at radius 2 is 1.85 bits per heavy atom. The van der Waals surface area contributed by atoms with Crippen LogP contribution in [-0.4, -0.2) is 25.1 Å². The van der Waals surface area contributed by atoms with Gasteiger partial charge in [0.1, 0.15) is 0 Å². The fourth-order valence-corrected chi connectivity index (χ4v) is 5.00. The van der Waals surface area contributed by atoms with Gasteiger partial charge >= 0.3 is 0 Å². The van der Waals surface area contributed by atoms with E-state index in [4.69, 9.17) is 9.16 Å². The van der Waals surface area contributed by atoms with Crippen molar-refractivity contribution in [1.82, 2.24) is 0 Å². The van der Waals surface area contributed by atoms with E-state index >= 15 is 0 Å². The molecule has 3 rings (SSSR count). The summed E-state index contributed by atoms with van der Waals surface area (Å²) < 4.78 is 13.0. The van der Waals surface area contributed by atoms with Crippen LogP contribution in [0.4, 0.5) is 0 Å². The van der Waals surface area contributed by atoms with Crippen molar-refractivity contribution >= 4 is 8.32 Å². The average molecular weight is 375 g/mol. The molecule has 0 bridgehead atoms. The topological polar surface area (TPSA) is 38.7 Å². The molecule has 4 heteroatoms. The first-order chi connectivity index (χ1) is 12.1. The second-order valence-electron chi connectivity index (χ2n) is 9.46. The third-order valence-corrected chi connectivity index (χ3v) is 10.9. The van der Waals surface area contributed by atoms with Gasteiger partial charge in [0, 0.05) is 0 Å². The molecular formula is C22H34O3Si. The molecule has 1 aromatic rings. The van der Waals surface area contributed by atoms with Gasteiger partial charge in [-0.3, -0.25) is 0 Å². The molecule has 1 saturated carbocycles. The number of aliphatic hydroxyl groups is 1. The number of allylic oxidation sites excluding steroid dienone is 1. The summed E-state index contributed by atoms with van der Waals surface area (Å²) in [6, 6.07) is 10.3. The molecule has 0 amide bonds. The lowest BCUT2D eigenvalue weighted by Crippen LogP contribution is -2.47. The molecule has 0 spiro atoms. The molecule has 0 unspecified atom stereocenters. The zero-order valence-electron chi connectivity index (χ0n) is 16.9. The molecule has 0 radical (unpaired) electrons. The number of rotatable bonds is 5. The molecule has 144 valence electrons. The summed E-state index contributed by atoms with van der Waals surface area (Å²) in [6.45, 7) is 11.9. The Morgan fingerprint density at radius 1 is 1.15 bits per heavy atom. The zero-order chi connectivity index (χ0) is 19.0. The SMILES string of the molecule is CC(C)(C)[Si](C)(C)OC1=CCC[C@@]2(O)CC[C@H](OCc3ccccc3)[C@@H]12. The normalized spacial score (nSPS) is 29.2. The first-order valence-electron chi connectivity index (χ1n) is 9.89. The Kier molecular flexibility index (Phi) is 5.39. The van der Waals surface area contributed by atoms with Gasteiger partial charge in [-0.25, -0.2) is 0 Å². The van der Waals surface area contributed by atoms with Crippen LogP contribution in [0.15, 0.2) is 42.2 Å². The average Bonchev–Trinajstić information content (AvgIpc) is 2.90. The van der Waals surface area contributed by atoms with Gasteiger partial charge in [-0.05, 0) is 55.5 Å². The number of ether oxygens (including phenoxy) is 1. The van der Waals surface area contributed by atoms with E-state index in [1.807, 2.05) is 18.2 Å². The third-order valence-electron chi connectivity index (χ3n) is 6.53. The highest BCUT2D eigenvalue weighted by Gasteiger charge is 2.53. The standard InChI is InChI=1S/C22H34O3Si/c1-21(2,3)26(4,5)25-19-12-9-14-22(23)15-13-18(20(19)22)24-16-17-10-7-6-8-11-17/h6-8,10-12,18,20,23H,9,13-16H2,1-5H3/t18-,20-,22+/m0/s1. The Balaban J connectivity index is 1.77. The van der Waals surface area contributed by atoms with Gasteiger partial charge < -0.3 is 14.3 Å². The second kappa shape index (κ2) is 7.14. The van der Waals surface area contributed by atoms with Crippen molar-refractivity contribution in [1.29, 1.82) is 0 Å². The van der Waals surface area contributed by atoms with Crippen LogP contribution in [0.1, 0.15) is 52.0 Å². The minimum Gasteiger partial charge on any atom is -0.546 e. The van der Waals surface area contributed by atoms with E-state index in [0.29, 0.717) is 6.61 Å². The van der Waals surface area contributed by atoms with Crippen molar-refractivity contribution in [2.75, 3.05) is 0 Å². The van der Waals surface area contributed by atoms with E-state index in [1.165, 1.54) is 5.56 Å². The largest absolute Gasteiger partial charge is 0.546 e. The van der Waals surface area contributed by atoms with Crippen LogP contribution in [0.25, 0.3) is 0 Å². The first kappa shape index (κ1) is 19.7. The lowest BCUT2D eigenvalue weighted by molar-refractivity contribution is -0.0608. The highest BCUT2D eigenvalue weighted by Crippen LogP contribution is 2.50. The van der Waals surface area contributed by atoms with Crippen LogP contribution in [0.3, 0.4) is 0 Å². The number of hydrogen-bond acceptors (Lipinski definition) is 3. The van der Waals surface area contributed by atoms with Crippen molar-refractivity contribution in [2.24, 2.45) is 5.92 Å². The maximum Gasteiger partial charge on any atom is 0.250 e. The van der Waals surface area contributed by atoms with E-state index in [-0.39, 0.29) is 17.1 Å². The maximum atomic E-state index is 11.3. The van der Waals surface area contributed by atoms with Gasteiger partial charge in [0.05, 0.1) is 30.0 Å². The molecule has 26 heavy (non-hydrogen) atoms. The molecule has 1 aromatic carbocycles. The predicted molar refractivity (Wildman–Crippen MR) is 108 cm³/mol. The van der Waals surface area contributed by atoms with E-state index < -0.39 is 13.9 Å². The summed E-state index contributed by atoms with van der Waals surface area (Å²) in [7, 11) is -1.94. The summed E-state index contributed by atoms with van der Waals surface area (Å²) in [6.07, 6.45) is 5.64. The second-order valence-corrected chi connectivity index (χ2v) is 14.2. The molecule has 0 heterocycles. The Labute approximate surface area is 159 Å². The van der Waals surface area contributed by atoms with Crippen molar-refractivity contribution in [3.8, 4) is 0 Å². The van der Waals surface area contributed by atoms with Gasteiger partial charge in [0.15, 0.2) is 0 Å². The first-order valence-corrected chi connectivity index (χ1v) is 12.8. The highest BCUT2D eigenvalue weighted by atomic mass is 28.4. The summed E-state index contributed by atoms with van der Waals surface area (Å²) in [4.78, 5) is 0. The van der Waals surface area contributed by atoms with Crippen molar-refractivity contribution in [2.45, 2.75) is 82.9 Å². The number of hydrogen-bond donors (Lipinski definition) is 1. The van der Waals surface area contributed by atoms with E-state index in [9.17, 15) is 5.11 Å². The minimum atomic E-state index is -1.94. The van der Waals surface area contributed by atoms with Crippen LogP contribution in [-0.2, 0) is 15.8 Å². The van der Waals surface area contributed by atoms with Crippen molar-refractivity contribution in [3.05, 3.63) is 47.7 Å². The Hall–Kier alpha value is -1.10. The van der Waals surface area contributed by atoms with Crippen molar-refractivity contribution < 1.29 is 14.3 Å². The maximum absolute atomic E-state index is 11.3. The van der Waals surface area contributed by atoms with Gasteiger partial charge in [-0.15, -0.1) is 0 Å². The lowest BCUT2D eigenvalue weighted by atomic mass is 9.80. The summed E-state index contributed by atoms with van der Waals surface area (Å²) in [5.41, 5.74) is 0.503. The summed E-state index contributed by atoms with van der Waals surface area (Å²) >= 11 is 0. The molecule has 2 aliphatic carbocycles. The molecule has 0 aromatic heterocycles. The lowest BCUT2D eigenvalue weighted by Gasteiger charge is -2.43. The van der Waals surface area contributed by atoms with E-state index in [2.05, 4.69) is 52.1 Å². The van der Waals surface area contributed by atoms with Gasteiger partial charge in [-0.1, -0.05) is 51.1 Å². The van der Waals surface area contributed by atoms with Gasteiger partial charge in [0.2, 0.25) is 8.32 Å². The molecule has 1 N–H and O–H groups in total. The van der Waals surface area contributed by atoms with E-state index in [1.54, 1.807) is 0 Å². The fraction of sp³-hybridized carbons (Fsp3) is 0.636. The molecule has 0 aliphatic heterocycles. The summed E-state index contributed by atoms with van der Waals surface area (Å²) in [5.74, 6) is 0.954. The van der Waals surface area contributed by atoms with Gasteiger partial charge in [0.25, 0.3) is 0 Å². The quantitative estimate of drug-likeness (QED) is 0.700. The molecule has 0 saturated heterocycles. The molecule has 1 fully saturated rings. The van der Waals surface area contributed by atoms with Crippen LogP contribution in [0.2, 0.25) is 18.1 Å². The molecule has 2 aliphatic rings. The third kappa shape index (κ3) is 3.92. The Bertz CT molecular complexity index is 647. The fourth-order valence-electron chi connectivity index (χ4n) is 3.89.